The van der Waals surface area contributed by atoms with E-state index in [4.69, 9.17) is 17.3 Å². The van der Waals surface area contributed by atoms with Crippen molar-refractivity contribution in [2.75, 3.05) is 42.5 Å². The maximum absolute atomic E-state index is 13.7. The van der Waals surface area contributed by atoms with E-state index < -0.39 is 5.97 Å². The molecule has 12 heteroatoms. The number of nitriles is 1. The molecule has 48 heavy (non-hydrogen) atoms. The minimum Gasteiger partial charge on any atom is -0.481 e. The summed E-state index contributed by atoms with van der Waals surface area (Å²) in [5.41, 5.74) is 1.96. The number of carbonyl (C=O) groups excluding carboxylic acids is 1. The zero-order valence-corrected chi connectivity index (χ0v) is 29.6. The van der Waals surface area contributed by atoms with E-state index in [1.807, 2.05) is 6.08 Å². The summed E-state index contributed by atoms with van der Waals surface area (Å²) >= 11 is 6.90. The van der Waals surface area contributed by atoms with Crippen LogP contribution in [0.15, 0.2) is 34.0 Å². The molecule has 2 aromatic rings. The standard InChI is InChI=1S/C36H46FN5O4S2/c1-3-4-18-41-33(40-22-20-39(21-23-40)28-16-14-27(37)15-17-28)29(26(2)30(25-38)34(41)45)24-31-35(46)42(36(47)48-31)19-12-10-8-6-5-7-9-11-13-32(43)44/h14-17,24H,3-13,18-23H2,1-2H3,(H,43,44). The van der Waals surface area contributed by atoms with Gasteiger partial charge in [0.05, 0.1) is 4.91 Å². The van der Waals surface area contributed by atoms with Crippen LogP contribution in [0.1, 0.15) is 94.2 Å². The van der Waals surface area contributed by atoms with E-state index in [-0.39, 0.29) is 29.3 Å². The SMILES string of the molecule is CCCCn1c(N2CCN(c3ccc(F)cc3)CC2)c(C=C2SC(=S)N(CCCCCCCCCCC(=O)O)C2=O)c(C)c(C#N)c1=O. The number of hydrogen-bond donors (Lipinski definition) is 1. The van der Waals surface area contributed by atoms with Crippen LogP contribution in [-0.2, 0) is 16.1 Å². The van der Waals surface area contributed by atoms with Gasteiger partial charge in [-0.3, -0.25) is 23.9 Å². The van der Waals surface area contributed by atoms with Crippen molar-refractivity contribution in [2.45, 2.75) is 91.0 Å². The average Bonchev–Trinajstić information content (AvgIpc) is 3.34. The lowest BCUT2D eigenvalue weighted by Crippen LogP contribution is -2.48. The van der Waals surface area contributed by atoms with E-state index in [1.165, 1.54) is 23.9 Å². The normalized spacial score (nSPS) is 15.9. The van der Waals surface area contributed by atoms with Crippen LogP contribution in [0.4, 0.5) is 15.9 Å². The summed E-state index contributed by atoms with van der Waals surface area (Å²) in [6.45, 7) is 7.39. The van der Waals surface area contributed by atoms with Crippen molar-refractivity contribution >= 4 is 57.8 Å². The number of carboxylic acid groups (broad SMARTS) is 1. The quantitative estimate of drug-likeness (QED) is 0.105. The molecule has 0 aliphatic carbocycles. The molecule has 1 amide bonds. The zero-order chi connectivity index (χ0) is 34.6. The highest BCUT2D eigenvalue weighted by molar-refractivity contribution is 8.26. The number of unbranched alkanes of at least 4 members (excludes halogenated alkanes) is 8. The van der Waals surface area contributed by atoms with Gasteiger partial charge >= 0.3 is 5.97 Å². The Hall–Kier alpha value is -3.69. The topological polar surface area (TPSA) is 110 Å². The molecule has 0 radical (unpaired) electrons. The predicted molar refractivity (Wildman–Crippen MR) is 195 cm³/mol. The molecule has 0 saturated carbocycles. The van der Waals surface area contributed by atoms with E-state index in [1.54, 1.807) is 28.5 Å². The van der Waals surface area contributed by atoms with Crippen LogP contribution in [0.3, 0.4) is 0 Å². The number of halogens is 1. The molecular weight excluding hydrogens is 650 g/mol. The van der Waals surface area contributed by atoms with Crippen molar-refractivity contribution < 1.29 is 19.1 Å². The number of pyridine rings is 1. The van der Waals surface area contributed by atoms with E-state index in [2.05, 4.69) is 22.8 Å². The van der Waals surface area contributed by atoms with Crippen LogP contribution >= 0.6 is 24.0 Å². The van der Waals surface area contributed by atoms with Crippen molar-refractivity contribution in [1.29, 1.82) is 5.26 Å². The van der Waals surface area contributed by atoms with Gasteiger partial charge in [-0.1, -0.05) is 75.8 Å². The number of hydrogen-bond acceptors (Lipinski definition) is 8. The van der Waals surface area contributed by atoms with Gasteiger partial charge in [-0.15, -0.1) is 0 Å². The largest absolute Gasteiger partial charge is 0.481 e. The van der Waals surface area contributed by atoms with E-state index in [9.17, 15) is 24.0 Å². The molecule has 2 saturated heterocycles. The van der Waals surface area contributed by atoms with E-state index in [0.717, 1.165) is 75.7 Å². The lowest BCUT2D eigenvalue weighted by atomic mass is 10.0. The molecular formula is C36H46FN5O4S2. The molecule has 258 valence electrons. The highest BCUT2D eigenvalue weighted by Crippen LogP contribution is 2.36. The summed E-state index contributed by atoms with van der Waals surface area (Å²) in [4.78, 5) is 44.5. The summed E-state index contributed by atoms with van der Waals surface area (Å²) in [6.07, 6.45) is 11.4. The summed E-state index contributed by atoms with van der Waals surface area (Å²) in [5.74, 6) is -0.451. The number of piperazine rings is 1. The second kappa shape index (κ2) is 18.2. The molecule has 2 fully saturated rings. The molecule has 4 rings (SSSR count). The van der Waals surface area contributed by atoms with Crippen LogP contribution in [-0.4, -0.2) is 63.5 Å². The maximum Gasteiger partial charge on any atom is 0.303 e. The Kier molecular flexibility index (Phi) is 14.1. The lowest BCUT2D eigenvalue weighted by molar-refractivity contribution is -0.137. The van der Waals surface area contributed by atoms with Crippen molar-refractivity contribution in [3.8, 4) is 6.07 Å². The number of amides is 1. The number of carbonyl (C=O) groups is 2. The third kappa shape index (κ3) is 9.47. The molecule has 2 aliphatic heterocycles. The Morgan fingerprint density at radius 2 is 1.56 bits per heavy atom. The molecule has 3 heterocycles. The number of carboxylic acids is 1. The molecule has 2 aliphatic rings. The third-order valence-corrected chi connectivity index (χ3v) is 10.4. The van der Waals surface area contributed by atoms with Gasteiger partial charge in [0.2, 0.25) is 0 Å². The van der Waals surface area contributed by atoms with Gasteiger partial charge in [0.25, 0.3) is 11.5 Å². The smallest absolute Gasteiger partial charge is 0.303 e. The van der Waals surface area contributed by atoms with Crippen LogP contribution < -0.4 is 15.4 Å². The number of thiocarbonyl (C=S) groups is 1. The fourth-order valence-corrected chi connectivity index (χ4v) is 7.56. The summed E-state index contributed by atoms with van der Waals surface area (Å²) in [6, 6.07) is 8.59. The highest BCUT2D eigenvalue weighted by atomic mass is 32.2. The van der Waals surface area contributed by atoms with Gasteiger partial charge in [0, 0.05) is 56.9 Å². The summed E-state index contributed by atoms with van der Waals surface area (Å²) < 4.78 is 15.8. The monoisotopic (exact) mass is 695 g/mol. The van der Waals surface area contributed by atoms with Gasteiger partial charge in [-0.05, 0) is 62.1 Å². The Morgan fingerprint density at radius 1 is 0.958 bits per heavy atom. The number of rotatable bonds is 17. The summed E-state index contributed by atoms with van der Waals surface area (Å²) in [5, 5.41) is 18.8. The molecule has 0 unspecified atom stereocenters. The van der Waals surface area contributed by atoms with Crippen molar-refractivity contribution in [2.24, 2.45) is 0 Å². The fourth-order valence-electron chi connectivity index (χ4n) is 6.27. The molecule has 0 spiro atoms. The van der Waals surface area contributed by atoms with Gasteiger partial charge in [-0.25, -0.2) is 4.39 Å². The predicted octanol–water partition coefficient (Wildman–Crippen LogP) is 7.09. The summed E-state index contributed by atoms with van der Waals surface area (Å²) in [7, 11) is 0. The first kappa shape index (κ1) is 37.1. The Balaban J connectivity index is 1.50. The van der Waals surface area contributed by atoms with Gasteiger partial charge in [-0.2, -0.15) is 5.26 Å². The lowest BCUT2D eigenvalue weighted by Gasteiger charge is -2.39. The minimum absolute atomic E-state index is 0.0865. The number of thioether (sulfide) groups is 1. The van der Waals surface area contributed by atoms with Crippen LogP contribution in [0, 0.1) is 24.1 Å². The average molecular weight is 696 g/mol. The third-order valence-electron chi connectivity index (χ3n) is 9.02. The molecule has 1 aromatic carbocycles. The molecule has 0 bridgehead atoms. The molecule has 1 aromatic heterocycles. The second-order valence-corrected chi connectivity index (χ2v) is 14.1. The Morgan fingerprint density at radius 3 is 2.17 bits per heavy atom. The number of aliphatic carboxylic acids is 1. The second-order valence-electron chi connectivity index (χ2n) is 12.4. The van der Waals surface area contributed by atoms with E-state index in [0.29, 0.717) is 59.6 Å². The zero-order valence-electron chi connectivity index (χ0n) is 28.0. The minimum atomic E-state index is -0.739. The first-order valence-electron chi connectivity index (χ1n) is 17.1. The first-order valence-corrected chi connectivity index (χ1v) is 18.3. The fraction of sp³-hybridized carbons (Fsp3) is 0.528. The molecule has 9 nitrogen and oxygen atoms in total. The maximum atomic E-state index is 13.7. The molecule has 0 atom stereocenters. The number of anilines is 2. The number of benzene rings is 1. The first-order chi connectivity index (χ1) is 23.2. The Bertz CT molecular complexity index is 1590. The van der Waals surface area contributed by atoms with Crippen LogP contribution in [0.2, 0.25) is 0 Å². The van der Waals surface area contributed by atoms with Crippen molar-refractivity contribution in [1.82, 2.24) is 9.47 Å². The van der Waals surface area contributed by atoms with Gasteiger partial charge < -0.3 is 14.9 Å². The van der Waals surface area contributed by atoms with Gasteiger partial charge in [0.1, 0.15) is 27.6 Å². The van der Waals surface area contributed by atoms with Crippen molar-refractivity contribution in [3.63, 3.8) is 0 Å². The van der Waals surface area contributed by atoms with Crippen LogP contribution in [0.25, 0.3) is 6.08 Å². The van der Waals surface area contributed by atoms with Gasteiger partial charge in [0.15, 0.2) is 0 Å². The number of nitrogens with zero attached hydrogens (tertiary/aromatic N) is 5. The molecule has 1 N–H and O–H groups in total. The van der Waals surface area contributed by atoms with Crippen molar-refractivity contribution in [3.05, 3.63) is 62.0 Å². The highest BCUT2D eigenvalue weighted by Gasteiger charge is 2.33. The van der Waals surface area contributed by atoms with Crippen LogP contribution in [0.5, 0.6) is 0 Å². The number of aromatic nitrogens is 1. The Labute approximate surface area is 292 Å². The van der Waals surface area contributed by atoms with E-state index >= 15 is 0 Å².